The molecule has 0 aliphatic heterocycles. The van der Waals surface area contributed by atoms with E-state index >= 15 is 0 Å². The largest absolute Gasteiger partial charge is 0.493 e. The monoisotopic (exact) mass is 548 g/mol. The molecule has 2 heterocycles. The lowest BCUT2D eigenvalue weighted by Gasteiger charge is -2.13. The molecule has 5 rings (SSSR count). The Morgan fingerprint density at radius 3 is 2.66 bits per heavy atom. The molecule has 0 unspecified atom stereocenters. The van der Waals surface area contributed by atoms with E-state index < -0.39 is 0 Å². The molecular weight excluding hydrogens is 520 g/mol. The van der Waals surface area contributed by atoms with E-state index in [2.05, 4.69) is 10.5 Å². The number of carbonyl (C=O) groups is 1. The molecule has 8 nitrogen and oxygen atoms in total. The molecule has 38 heavy (non-hydrogen) atoms. The number of thiophene rings is 1. The van der Waals surface area contributed by atoms with Crippen LogP contribution in [-0.2, 0) is 17.6 Å². The molecule has 0 saturated heterocycles. The number of rotatable bonds is 8. The van der Waals surface area contributed by atoms with Crippen LogP contribution in [0.4, 0.5) is 0 Å². The van der Waals surface area contributed by atoms with Gasteiger partial charge in [-0.25, -0.2) is 10.4 Å². The number of hydrogen-bond acceptors (Lipinski definition) is 8. The van der Waals surface area contributed by atoms with Gasteiger partial charge in [0.25, 0.3) is 11.5 Å². The second-order valence-electron chi connectivity index (χ2n) is 8.96. The molecule has 0 fully saturated rings. The lowest BCUT2D eigenvalue weighted by molar-refractivity contribution is -0.118. The van der Waals surface area contributed by atoms with Gasteiger partial charge in [0.15, 0.2) is 16.7 Å². The average molecular weight is 549 g/mol. The first-order valence-corrected chi connectivity index (χ1v) is 14.1. The van der Waals surface area contributed by atoms with Crippen molar-refractivity contribution in [2.45, 2.75) is 37.8 Å². The average Bonchev–Trinajstić information content (AvgIpc) is 3.31. The van der Waals surface area contributed by atoms with E-state index in [1.165, 1.54) is 22.9 Å². The van der Waals surface area contributed by atoms with E-state index in [9.17, 15) is 9.59 Å². The minimum Gasteiger partial charge on any atom is -0.493 e. The van der Waals surface area contributed by atoms with Crippen molar-refractivity contribution in [3.05, 3.63) is 74.4 Å². The fourth-order valence-corrected chi connectivity index (χ4v) is 6.59. The summed E-state index contributed by atoms with van der Waals surface area (Å²) in [6.07, 6.45) is 5.66. The van der Waals surface area contributed by atoms with Gasteiger partial charge in [0.2, 0.25) is 0 Å². The quantitative estimate of drug-likeness (QED) is 0.146. The number of carbonyl (C=O) groups excluding carboxylic acids is 1. The first-order valence-electron chi connectivity index (χ1n) is 12.3. The summed E-state index contributed by atoms with van der Waals surface area (Å²) in [5, 5.41) is 5.28. The van der Waals surface area contributed by atoms with Crippen molar-refractivity contribution in [3.63, 3.8) is 0 Å². The molecule has 0 atom stereocenters. The number of thioether (sulfide) groups is 1. The Bertz CT molecular complexity index is 1570. The third kappa shape index (κ3) is 5.32. The number of amides is 1. The lowest BCUT2D eigenvalue weighted by atomic mass is 9.97. The third-order valence-corrected chi connectivity index (χ3v) is 8.52. The van der Waals surface area contributed by atoms with Gasteiger partial charge in [0.1, 0.15) is 4.83 Å². The van der Waals surface area contributed by atoms with Crippen LogP contribution < -0.4 is 20.5 Å². The number of fused-ring (bicyclic) bond motifs is 3. The molecule has 0 radical (unpaired) electrons. The highest BCUT2D eigenvalue weighted by Crippen LogP contribution is 2.35. The Hall–Kier alpha value is -3.63. The molecule has 1 N–H and O–H groups in total. The maximum atomic E-state index is 13.8. The molecule has 196 valence electrons. The minimum atomic E-state index is -0.304. The van der Waals surface area contributed by atoms with Crippen molar-refractivity contribution in [1.29, 1.82) is 0 Å². The zero-order valence-electron chi connectivity index (χ0n) is 21.4. The van der Waals surface area contributed by atoms with Gasteiger partial charge in [-0.15, -0.1) is 11.3 Å². The molecule has 2 aromatic carbocycles. The molecule has 0 saturated carbocycles. The zero-order chi connectivity index (χ0) is 26.6. The minimum absolute atomic E-state index is 0.0537. The number of aromatic nitrogens is 2. The summed E-state index contributed by atoms with van der Waals surface area (Å²) in [6, 6.07) is 13.1. The summed E-state index contributed by atoms with van der Waals surface area (Å²) >= 11 is 2.83. The molecule has 4 aromatic rings. The lowest BCUT2D eigenvalue weighted by Crippen LogP contribution is -2.24. The zero-order valence-corrected chi connectivity index (χ0v) is 23.1. The van der Waals surface area contributed by atoms with Crippen LogP contribution in [0, 0.1) is 6.92 Å². The fraction of sp³-hybridized carbons (Fsp3) is 0.286. The predicted molar refractivity (Wildman–Crippen MR) is 153 cm³/mol. The van der Waals surface area contributed by atoms with Crippen LogP contribution in [0.25, 0.3) is 15.9 Å². The summed E-state index contributed by atoms with van der Waals surface area (Å²) < 4.78 is 12.2. The van der Waals surface area contributed by atoms with Crippen molar-refractivity contribution in [2.75, 3.05) is 20.0 Å². The Balaban J connectivity index is 1.38. The van der Waals surface area contributed by atoms with Crippen molar-refractivity contribution >= 4 is 45.4 Å². The van der Waals surface area contributed by atoms with Gasteiger partial charge < -0.3 is 9.47 Å². The van der Waals surface area contributed by atoms with Crippen LogP contribution in [0.1, 0.15) is 34.4 Å². The van der Waals surface area contributed by atoms with Gasteiger partial charge in [0.05, 0.1) is 37.3 Å². The van der Waals surface area contributed by atoms with Gasteiger partial charge in [-0.05, 0) is 74.1 Å². The second-order valence-corrected chi connectivity index (χ2v) is 11.0. The summed E-state index contributed by atoms with van der Waals surface area (Å²) in [4.78, 5) is 33.3. The molecule has 10 heteroatoms. The normalized spacial score (nSPS) is 13.0. The SMILES string of the molecule is COc1ccc(C=NNC(=O)CSc2nc3sc4c(c3c(=O)n2-c2ccc(C)cc2)CCCC4)cc1OC. The Kier molecular flexibility index (Phi) is 7.80. The number of aryl methyl sites for hydroxylation is 3. The summed E-state index contributed by atoms with van der Waals surface area (Å²) in [7, 11) is 3.13. The van der Waals surface area contributed by atoms with Gasteiger partial charge >= 0.3 is 0 Å². The van der Waals surface area contributed by atoms with Crippen molar-refractivity contribution < 1.29 is 14.3 Å². The fourth-order valence-electron chi connectivity index (χ4n) is 4.48. The Morgan fingerprint density at radius 1 is 1.13 bits per heavy atom. The number of hydrogen-bond donors (Lipinski definition) is 1. The van der Waals surface area contributed by atoms with Crippen molar-refractivity contribution in [2.24, 2.45) is 5.10 Å². The maximum absolute atomic E-state index is 13.8. The van der Waals surface area contributed by atoms with E-state index in [1.54, 1.807) is 42.3 Å². The highest BCUT2D eigenvalue weighted by molar-refractivity contribution is 7.99. The predicted octanol–water partition coefficient (Wildman–Crippen LogP) is 4.89. The van der Waals surface area contributed by atoms with E-state index in [1.807, 2.05) is 37.3 Å². The Morgan fingerprint density at radius 2 is 1.89 bits per heavy atom. The van der Waals surface area contributed by atoms with Crippen LogP contribution in [0.15, 0.2) is 57.5 Å². The van der Waals surface area contributed by atoms with Crippen LogP contribution in [-0.4, -0.2) is 41.6 Å². The van der Waals surface area contributed by atoms with Crippen LogP contribution in [0.2, 0.25) is 0 Å². The molecule has 1 aliphatic carbocycles. The van der Waals surface area contributed by atoms with E-state index in [0.29, 0.717) is 16.7 Å². The first kappa shape index (κ1) is 26.0. The standard InChI is InChI=1S/C28H28N4O4S2/c1-17-8-11-19(12-9-17)32-27(34)25-20-6-4-5-7-23(20)38-26(25)30-28(32)37-16-24(33)31-29-15-18-10-13-21(35-2)22(14-18)36-3/h8-15H,4-7,16H2,1-3H3,(H,31,33). The van der Waals surface area contributed by atoms with Gasteiger partial charge in [0, 0.05) is 4.88 Å². The third-order valence-electron chi connectivity index (χ3n) is 6.39. The highest BCUT2D eigenvalue weighted by atomic mass is 32.2. The number of benzene rings is 2. The van der Waals surface area contributed by atoms with Gasteiger partial charge in [-0.1, -0.05) is 29.5 Å². The van der Waals surface area contributed by atoms with Crippen LogP contribution >= 0.6 is 23.1 Å². The first-order chi connectivity index (χ1) is 18.5. The number of nitrogens with zero attached hydrogens (tertiary/aromatic N) is 3. The molecule has 0 spiro atoms. The van der Waals surface area contributed by atoms with Gasteiger partial charge in [-0.3, -0.25) is 14.2 Å². The number of hydrazone groups is 1. The molecular formula is C28H28N4O4S2. The number of methoxy groups -OCH3 is 2. The molecule has 1 amide bonds. The number of nitrogens with one attached hydrogen (secondary N) is 1. The van der Waals surface area contributed by atoms with Crippen molar-refractivity contribution in [1.82, 2.24) is 15.0 Å². The molecule has 1 aliphatic rings. The van der Waals surface area contributed by atoms with Gasteiger partial charge in [-0.2, -0.15) is 5.10 Å². The van der Waals surface area contributed by atoms with Crippen LogP contribution in [0.3, 0.4) is 0 Å². The maximum Gasteiger partial charge on any atom is 0.267 e. The second kappa shape index (κ2) is 11.4. The van der Waals surface area contributed by atoms with Crippen LogP contribution in [0.5, 0.6) is 11.5 Å². The molecule has 2 aromatic heterocycles. The smallest absolute Gasteiger partial charge is 0.267 e. The summed E-state index contributed by atoms with van der Waals surface area (Å²) in [6.45, 7) is 2.01. The van der Waals surface area contributed by atoms with Crippen molar-refractivity contribution in [3.8, 4) is 17.2 Å². The van der Waals surface area contributed by atoms with E-state index in [4.69, 9.17) is 14.5 Å². The summed E-state index contributed by atoms with van der Waals surface area (Å²) in [5.74, 6) is 0.935. The highest BCUT2D eigenvalue weighted by Gasteiger charge is 2.23. The molecule has 0 bridgehead atoms. The van der Waals surface area contributed by atoms with E-state index in [-0.39, 0.29) is 17.2 Å². The Labute approximate surface area is 228 Å². The topological polar surface area (TPSA) is 94.8 Å². The summed E-state index contributed by atoms with van der Waals surface area (Å²) in [5.41, 5.74) is 6.21. The van der Waals surface area contributed by atoms with E-state index in [0.717, 1.165) is 58.3 Å². The number of ether oxygens (including phenoxy) is 2.